The van der Waals surface area contributed by atoms with E-state index < -0.39 is 0 Å². The van der Waals surface area contributed by atoms with Crippen LogP contribution in [0.3, 0.4) is 0 Å². The first-order valence-electron chi connectivity index (χ1n) is 14.4. The first-order chi connectivity index (χ1) is 20.5. The third-order valence-corrected chi connectivity index (χ3v) is 7.55. The van der Waals surface area contributed by atoms with Gasteiger partial charge in [-0.15, -0.1) is 0 Å². The van der Waals surface area contributed by atoms with E-state index >= 15 is 0 Å². The molecule has 6 heteroatoms. The third-order valence-electron chi connectivity index (χ3n) is 7.30. The molecule has 0 radical (unpaired) electrons. The summed E-state index contributed by atoms with van der Waals surface area (Å²) >= 11 is 6.13. The Hall–Kier alpha value is -3.90. The number of carbonyl (C=O) groups excluding carboxylic acids is 1. The summed E-state index contributed by atoms with van der Waals surface area (Å²) in [6.45, 7) is 7.17. The molecule has 0 aromatic heterocycles. The highest BCUT2D eigenvalue weighted by molar-refractivity contribution is 6.30. The molecule has 5 nitrogen and oxygen atoms in total. The van der Waals surface area contributed by atoms with Gasteiger partial charge in [-0.2, -0.15) is 0 Å². The predicted molar refractivity (Wildman–Crippen MR) is 168 cm³/mol. The summed E-state index contributed by atoms with van der Waals surface area (Å²) in [5.41, 5.74) is 6.60. The molecular weight excluding hydrogens is 546 g/mol. The summed E-state index contributed by atoms with van der Waals surface area (Å²) in [7, 11) is 0. The van der Waals surface area contributed by atoms with E-state index in [-0.39, 0.29) is 12.4 Å². The number of morpholine rings is 1. The largest absolute Gasteiger partial charge is 0.492 e. The molecule has 0 aliphatic carbocycles. The van der Waals surface area contributed by atoms with E-state index in [1.54, 1.807) is 0 Å². The van der Waals surface area contributed by atoms with Crippen LogP contribution in [-0.4, -0.2) is 50.3 Å². The Kier molecular flexibility index (Phi) is 10.4. The smallest absolute Gasteiger partial charge is 0.315 e. The van der Waals surface area contributed by atoms with Crippen molar-refractivity contribution in [2.75, 3.05) is 39.5 Å². The van der Waals surface area contributed by atoms with Crippen molar-refractivity contribution in [3.05, 3.63) is 136 Å². The molecule has 1 heterocycles. The van der Waals surface area contributed by atoms with Crippen LogP contribution >= 0.6 is 11.6 Å². The number of carbonyl (C=O) groups is 1. The van der Waals surface area contributed by atoms with Gasteiger partial charge in [-0.3, -0.25) is 9.69 Å². The molecule has 0 unspecified atom stereocenters. The Morgan fingerprint density at radius 3 is 2.00 bits per heavy atom. The van der Waals surface area contributed by atoms with Crippen molar-refractivity contribution >= 4 is 23.1 Å². The van der Waals surface area contributed by atoms with Crippen molar-refractivity contribution in [1.82, 2.24) is 4.90 Å². The normalized spacial score (nSPS) is 14.2. The van der Waals surface area contributed by atoms with Gasteiger partial charge in [0.1, 0.15) is 18.1 Å². The number of ether oxygens (including phenoxy) is 3. The number of halogens is 1. The first-order valence-corrected chi connectivity index (χ1v) is 14.7. The molecule has 1 aliphatic rings. The highest BCUT2D eigenvalue weighted by atomic mass is 35.5. The lowest BCUT2D eigenvalue weighted by atomic mass is 9.90. The van der Waals surface area contributed by atoms with Crippen LogP contribution in [0.25, 0.3) is 5.57 Å². The number of allylic oxidation sites excluding steroid dienone is 1. The van der Waals surface area contributed by atoms with Gasteiger partial charge in [-0.1, -0.05) is 83.9 Å². The summed E-state index contributed by atoms with van der Waals surface area (Å²) in [6.07, 6.45) is 1.01. The van der Waals surface area contributed by atoms with Gasteiger partial charge in [0, 0.05) is 24.7 Å². The molecule has 1 fully saturated rings. The lowest BCUT2D eigenvalue weighted by molar-refractivity contribution is -0.133. The van der Waals surface area contributed by atoms with Crippen LogP contribution in [0.1, 0.15) is 29.2 Å². The average molecular weight is 582 g/mol. The van der Waals surface area contributed by atoms with E-state index in [2.05, 4.69) is 36.1 Å². The zero-order valence-electron chi connectivity index (χ0n) is 23.9. The van der Waals surface area contributed by atoms with Crippen LogP contribution in [0.5, 0.6) is 11.5 Å². The molecule has 0 saturated carbocycles. The summed E-state index contributed by atoms with van der Waals surface area (Å²) in [4.78, 5) is 14.9. The SMILES string of the molecule is C/C(Cc1ccc(Cl)cc1)=C(\c1ccc(OCCN2CCOCC2)cc1)c1ccc(OC(=O)Cc2ccccc2)cc1. The predicted octanol–water partition coefficient (Wildman–Crippen LogP) is 7.26. The molecule has 1 aliphatic heterocycles. The number of hydrogen-bond acceptors (Lipinski definition) is 5. The van der Waals surface area contributed by atoms with Crippen molar-refractivity contribution in [3.8, 4) is 11.5 Å². The second-order valence-corrected chi connectivity index (χ2v) is 10.9. The van der Waals surface area contributed by atoms with E-state index in [9.17, 15) is 4.79 Å². The van der Waals surface area contributed by atoms with Gasteiger partial charge in [-0.25, -0.2) is 0 Å². The van der Waals surface area contributed by atoms with E-state index in [1.807, 2.05) is 78.9 Å². The summed E-state index contributed by atoms with van der Waals surface area (Å²) in [5.74, 6) is 1.09. The summed E-state index contributed by atoms with van der Waals surface area (Å²) in [6, 6.07) is 33.6. The molecule has 42 heavy (non-hydrogen) atoms. The molecule has 4 aromatic rings. The Morgan fingerprint density at radius 1 is 0.762 bits per heavy atom. The average Bonchev–Trinajstić information content (AvgIpc) is 3.01. The third kappa shape index (κ3) is 8.56. The van der Waals surface area contributed by atoms with Crippen molar-refractivity contribution in [2.45, 2.75) is 19.8 Å². The first kappa shape index (κ1) is 29.6. The zero-order chi connectivity index (χ0) is 29.1. The second kappa shape index (κ2) is 14.8. The Morgan fingerprint density at radius 2 is 1.36 bits per heavy atom. The van der Waals surface area contributed by atoms with Gasteiger partial charge in [0.25, 0.3) is 0 Å². The Labute approximate surface area is 253 Å². The fraction of sp³-hybridized carbons (Fsp3) is 0.250. The highest BCUT2D eigenvalue weighted by Gasteiger charge is 2.13. The van der Waals surface area contributed by atoms with Crippen molar-refractivity contribution in [3.63, 3.8) is 0 Å². The van der Waals surface area contributed by atoms with Crippen LogP contribution in [0.4, 0.5) is 0 Å². The van der Waals surface area contributed by atoms with E-state index in [1.165, 1.54) is 11.1 Å². The van der Waals surface area contributed by atoms with Gasteiger partial charge in [-0.05, 0) is 77.6 Å². The van der Waals surface area contributed by atoms with Crippen LogP contribution < -0.4 is 9.47 Å². The quantitative estimate of drug-likeness (QED) is 0.138. The second-order valence-electron chi connectivity index (χ2n) is 10.4. The van der Waals surface area contributed by atoms with Crippen LogP contribution in [-0.2, 0) is 22.4 Å². The summed E-state index contributed by atoms with van der Waals surface area (Å²) in [5, 5.41) is 0.724. The maximum Gasteiger partial charge on any atom is 0.315 e. The van der Waals surface area contributed by atoms with Crippen molar-refractivity contribution < 1.29 is 19.0 Å². The van der Waals surface area contributed by atoms with Gasteiger partial charge in [0.15, 0.2) is 0 Å². The van der Waals surface area contributed by atoms with E-state index in [0.717, 1.165) is 72.3 Å². The van der Waals surface area contributed by atoms with Gasteiger partial charge in [0.05, 0.1) is 19.6 Å². The topological polar surface area (TPSA) is 48.0 Å². The van der Waals surface area contributed by atoms with Gasteiger partial charge in [0.2, 0.25) is 0 Å². The minimum atomic E-state index is -0.284. The van der Waals surface area contributed by atoms with Gasteiger partial charge >= 0.3 is 5.97 Å². The molecule has 216 valence electrons. The fourth-order valence-electron chi connectivity index (χ4n) is 5.11. The lowest BCUT2D eigenvalue weighted by Crippen LogP contribution is -2.38. The van der Waals surface area contributed by atoms with Gasteiger partial charge < -0.3 is 14.2 Å². The molecule has 4 aromatic carbocycles. The number of benzene rings is 4. The molecule has 5 rings (SSSR count). The maximum atomic E-state index is 12.5. The molecule has 0 bridgehead atoms. The standard InChI is InChI=1S/C36H36ClNO4/c1-27(25-29-7-13-32(37)14-8-29)36(30-9-15-33(16-10-30)41-24-21-38-19-22-40-23-20-38)31-11-17-34(18-12-31)42-35(39)26-28-5-3-2-4-6-28/h2-18H,19-26H2,1H3/b36-27-. The van der Waals surface area contributed by atoms with E-state index in [4.69, 9.17) is 25.8 Å². The fourth-order valence-corrected chi connectivity index (χ4v) is 5.24. The van der Waals surface area contributed by atoms with Crippen LogP contribution in [0.2, 0.25) is 5.02 Å². The Balaban J connectivity index is 1.32. The Bertz CT molecular complexity index is 1460. The molecule has 1 saturated heterocycles. The molecule has 0 atom stereocenters. The molecule has 0 N–H and O–H groups in total. The van der Waals surface area contributed by atoms with Crippen LogP contribution in [0, 0.1) is 0 Å². The minimum absolute atomic E-state index is 0.231. The van der Waals surface area contributed by atoms with Crippen molar-refractivity contribution in [1.29, 1.82) is 0 Å². The lowest BCUT2D eigenvalue weighted by Gasteiger charge is -2.26. The van der Waals surface area contributed by atoms with Crippen LogP contribution in [0.15, 0.2) is 109 Å². The zero-order valence-corrected chi connectivity index (χ0v) is 24.7. The number of hydrogen-bond donors (Lipinski definition) is 0. The number of rotatable bonds is 11. The van der Waals surface area contributed by atoms with E-state index in [0.29, 0.717) is 12.4 Å². The summed E-state index contributed by atoms with van der Waals surface area (Å²) < 4.78 is 17.1. The highest BCUT2D eigenvalue weighted by Crippen LogP contribution is 2.31. The number of esters is 1. The monoisotopic (exact) mass is 581 g/mol. The molecule has 0 amide bonds. The minimum Gasteiger partial charge on any atom is -0.492 e. The maximum absolute atomic E-state index is 12.5. The molecular formula is C36H36ClNO4. The van der Waals surface area contributed by atoms with Crippen molar-refractivity contribution in [2.24, 2.45) is 0 Å². The number of nitrogens with zero attached hydrogens (tertiary/aromatic N) is 1. The molecule has 0 spiro atoms.